The summed E-state index contributed by atoms with van der Waals surface area (Å²) in [6.45, 7) is 3.51. The minimum atomic E-state index is 0.413. The number of hydrogen-bond acceptors (Lipinski definition) is 3. The Bertz CT molecular complexity index is 330. The molecule has 80 valence electrons. The van der Waals surface area contributed by atoms with Crippen LogP contribution < -0.4 is 10.2 Å². The van der Waals surface area contributed by atoms with Gasteiger partial charge in [-0.15, -0.1) is 0 Å². The van der Waals surface area contributed by atoms with E-state index in [0.29, 0.717) is 5.54 Å². The second-order valence-electron chi connectivity index (χ2n) is 4.69. The van der Waals surface area contributed by atoms with Gasteiger partial charge in [0.1, 0.15) is 0 Å². The van der Waals surface area contributed by atoms with Crippen LogP contribution in [0.4, 0.5) is 5.69 Å². The fourth-order valence-electron chi connectivity index (χ4n) is 2.85. The maximum Gasteiger partial charge on any atom is 0.0553 e. The molecule has 1 atom stereocenters. The number of nitrogens with one attached hydrogen (secondary N) is 1. The summed E-state index contributed by atoms with van der Waals surface area (Å²) >= 11 is 0. The van der Waals surface area contributed by atoms with Crippen molar-refractivity contribution in [3.05, 3.63) is 24.5 Å². The zero-order valence-electron chi connectivity index (χ0n) is 8.95. The lowest BCUT2D eigenvalue weighted by Gasteiger charge is -2.25. The summed E-state index contributed by atoms with van der Waals surface area (Å²) < 4.78 is 0. The Labute approximate surface area is 90.5 Å². The largest absolute Gasteiger partial charge is 0.368 e. The zero-order valence-corrected chi connectivity index (χ0v) is 8.95. The lowest BCUT2D eigenvalue weighted by Crippen LogP contribution is -2.42. The molecule has 2 aliphatic heterocycles. The minimum Gasteiger partial charge on any atom is -0.368 e. The lowest BCUT2D eigenvalue weighted by atomic mass is 9.97. The van der Waals surface area contributed by atoms with Crippen LogP contribution in [-0.4, -0.2) is 30.2 Å². The van der Waals surface area contributed by atoms with E-state index in [1.165, 1.54) is 38.0 Å². The summed E-state index contributed by atoms with van der Waals surface area (Å²) in [7, 11) is 0. The van der Waals surface area contributed by atoms with Crippen molar-refractivity contribution in [1.29, 1.82) is 0 Å². The molecule has 3 rings (SSSR count). The topological polar surface area (TPSA) is 28.2 Å². The van der Waals surface area contributed by atoms with Gasteiger partial charge in [0.05, 0.1) is 11.9 Å². The summed E-state index contributed by atoms with van der Waals surface area (Å²) in [5.41, 5.74) is 1.68. The lowest BCUT2D eigenvalue weighted by molar-refractivity contribution is 0.419. The second-order valence-corrected chi connectivity index (χ2v) is 4.69. The van der Waals surface area contributed by atoms with Gasteiger partial charge in [-0.1, -0.05) is 0 Å². The summed E-state index contributed by atoms with van der Waals surface area (Å²) in [5.74, 6) is 0. The Morgan fingerprint density at radius 2 is 2.40 bits per heavy atom. The third-order valence-corrected chi connectivity index (χ3v) is 3.70. The van der Waals surface area contributed by atoms with E-state index in [2.05, 4.69) is 21.3 Å². The maximum atomic E-state index is 4.18. The highest BCUT2D eigenvalue weighted by Crippen LogP contribution is 2.32. The van der Waals surface area contributed by atoms with E-state index in [4.69, 9.17) is 0 Å². The molecule has 1 aromatic rings. The summed E-state index contributed by atoms with van der Waals surface area (Å²) in [4.78, 5) is 6.63. The summed E-state index contributed by atoms with van der Waals surface area (Å²) in [6, 6.07) is 4.17. The van der Waals surface area contributed by atoms with Crippen molar-refractivity contribution in [1.82, 2.24) is 10.3 Å². The van der Waals surface area contributed by atoms with Crippen molar-refractivity contribution in [3.63, 3.8) is 0 Å². The van der Waals surface area contributed by atoms with Crippen molar-refractivity contribution in [2.45, 2.75) is 24.8 Å². The third kappa shape index (κ3) is 1.61. The highest BCUT2D eigenvalue weighted by atomic mass is 15.2. The minimum absolute atomic E-state index is 0.413. The predicted molar refractivity (Wildman–Crippen MR) is 61.0 cm³/mol. The van der Waals surface area contributed by atoms with Gasteiger partial charge in [-0.3, -0.25) is 4.98 Å². The van der Waals surface area contributed by atoms with Crippen molar-refractivity contribution in [2.24, 2.45) is 0 Å². The van der Waals surface area contributed by atoms with Crippen LogP contribution in [0.2, 0.25) is 0 Å². The van der Waals surface area contributed by atoms with Crippen molar-refractivity contribution < 1.29 is 0 Å². The Hall–Kier alpha value is -1.09. The molecule has 0 saturated carbocycles. The van der Waals surface area contributed by atoms with E-state index in [-0.39, 0.29) is 0 Å². The number of anilines is 1. The van der Waals surface area contributed by atoms with E-state index >= 15 is 0 Å². The van der Waals surface area contributed by atoms with Gasteiger partial charge in [0, 0.05) is 24.8 Å². The van der Waals surface area contributed by atoms with Gasteiger partial charge in [-0.2, -0.15) is 0 Å². The van der Waals surface area contributed by atoms with E-state index in [1.807, 2.05) is 18.5 Å². The first-order valence-electron chi connectivity index (χ1n) is 5.78. The number of pyridine rings is 1. The number of hydrogen-bond donors (Lipinski definition) is 1. The zero-order chi connectivity index (χ0) is 10.1. The molecular weight excluding hydrogens is 186 g/mol. The molecule has 1 aromatic heterocycles. The van der Waals surface area contributed by atoms with Crippen LogP contribution in [0.5, 0.6) is 0 Å². The van der Waals surface area contributed by atoms with Crippen LogP contribution >= 0.6 is 0 Å². The van der Waals surface area contributed by atoms with Crippen LogP contribution in [0, 0.1) is 0 Å². The van der Waals surface area contributed by atoms with E-state index in [0.717, 1.165) is 6.54 Å². The molecule has 0 aliphatic carbocycles. The van der Waals surface area contributed by atoms with Crippen LogP contribution in [0.15, 0.2) is 24.5 Å². The monoisotopic (exact) mass is 203 g/mol. The number of nitrogens with zero attached hydrogens (tertiary/aromatic N) is 2. The van der Waals surface area contributed by atoms with Crippen LogP contribution in [0.3, 0.4) is 0 Å². The van der Waals surface area contributed by atoms with E-state index < -0.39 is 0 Å². The molecule has 0 unspecified atom stereocenters. The first-order chi connectivity index (χ1) is 7.38. The maximum absolute atomic E-state index is 4.18. The average molecular weight is 203 g/mol. The Kier molecular flexibility index (Phi) is 2.13. The standard InChI is InChI=1S/C12H17N3/c1-3-11(9-13-6-1)15-8-5-12(10-15)4-2-7-14-12/h1,3,6,9,14H,2,4-5,7-8,10H2/t12-/m1/s1. The van der Waals surface area contributed by atoms with Gasteiger partial charge < -0.3 is 10.2 Å². The summed E-state index contributed by atoms with van der Waals surface area (Å²) in [6.07, 6.45) is 7.75. The Morgan fingerprint density at radius 3 is 3.13 bits per heavy atom. The highest BCUT2D eigenvalue weighted by Gasteiger charge is 2.39. The van der Waals surface area contributed by atoms with Gasteiger partial charge in [0.15, 0.2) is 0 Å². The average Bonchev–Trinajstić information content (AvgIpc) is 2.91. The smallest absolute Gasteiger partial charge is 0.0553 e. The van der Waals surface area contributed by atoms with Crippen LogP contribution in [0.25, 0.3) is 0 Å². The molecule has 15 heavy (non-hydrogen) atoms. The summed E-state index contributed by atoms with van der Waals surface area (Å²) in [5, 5.41) is 3.67. The fourth-order valence-corrected chi connectivity index (χ4v) is 2.85. The van der Waals surface area contributed by atoms with Gasteiger partial charge >= 0.3 is 0 Å². The molecule has 0 amide bonds. The molecular formula is C12H17N3. The quantitative estimate of drug-likeness (QED) is 0.748. The van der Waals surface area contributed by atoms with Crippen molar-refractivity contribution in [3.8, 4) is 0 Å². The first kappa shape index (κ1) is 9.16. The molecule has 3 nitrogen and oxygen atoms in total. The Morgan fingerprint density at radius 1 is 1.40 bits per heavy atom. The SMILES string of the molecule is c1cncc(N2CC[C@]3(CCCN3)C2)c1. The van der Waals surface area contributed by atoms with E-state index in [1.54, 1.807) is 0 Å². The van der Waals surface area contributed by atoms with Crippen LogP contribution in [0.1, 0.15) is 19.3 Å². The predicted octanol–water partition coefficient (Wildman–Crippen LogP) is 1.41. The van der Waals surface area contributed by atoms with Crippen LogP contribution in [-0.2, 0) is 0 Å². The molecule has 0 radical (unpaired) electrons. The van der Waals surface area contributed by atoms with Gasteiger partial charge in [-0.05, 0) is 37.9 Å². The van der Waals surface area contributed by atoms with Gasteiger partial charge in [-0.25, -0.2) is 0 Å². The number of rotatable bonds is 1. The molecule has 2 fully saturated rings. The second kappa shape index (κ2) is 3.49. The molecule has 0 aromatic carbocycles. The van der Waals surface area contributed by atoms with E-state index in [9.17, 15) is 0 Å². The molecule has 2 aliphatic rings. The molecule has 3 heteroatoms. The first-order valence-corrected chi connectivity index (χ1v) is 5.78. The molecule has 0 bridgehead atoms. The Balaban J connectivity index is 1.76. The van der Waals surface area contributed by atoms with Crippen molar-refractivity contribution in [2.75, 3.05) is 24.5 Å². The molecule has 2 saturated heterocycles. The molecule has 1 N–H and O–H groups in total. The molecule has 3 heterocycles. The third-order valence-electron chi connectivity index (χ3n) is 3.70. The highest BCUT2D eigenvalue weighted by molar-refractivity contribution is 5.46. The number of aromatic nitrogens is 1. The molecule has 1 spiro atoms. The van der Waals surface area contributed by atoms with Crippen molar-refractivity contribution >= 4 is 5.69 Å². The van der Waals surface area contributed by atoms with Gasteiger partial charge in [0.2, 0.25) is 0 Å². The van der Waals surface area contributed by atoms with Gasteiger partial charge in [0.25, 0.3) is 0 Å². The normalized spacial score (nSPS) is 30.3. The fraction of sp³-hybridized carbons (Fsp3) is 0.583.